The molecular formula is C19H24FNO5. The van der Waals surface area contributed by atoms with Gasteiger partial charge < -0.3 is 19.8 Å². The van der Waals surface area contributed by atoms with E-state index in [2.05, 4.69) is 0 Å². The standard InChI is InChI=1S/C19H24FNO5/c20-15-3-1-13(2-4-15)11-19(18(24)25)12-21(8-5-16(19)22)17(23)14-6-9-26-10-7-14/h1-4,14,16,22H,5-12H2,(H,24,25)/t16-,19+/m0/s1. The van der Waals surface area contributed by atoms with Gasteiger partial charge in [0.2, 0.25) is 5.91 Å². The average molecular weight is 365 g/mol. The fourth-order valence-electron chi connectivity index (χ4n) is 3.90. The van der Waals surface area contributed by atoms with Crippen LogP contribution in [0.2, 0.25) is 0 Å². The Morgan fingerprint density at radius 1 is 1.19 bits per heavy atom. The molecule has 0 aromatic heterocycles. The number of halogens is 1. The Morgan fingerprint density at radius 3 is 2.46 bits per heavy atom. The maximum Gasteiger partial charge on any atom is 0.314 e. The van der Waals surface area contributed by atoms with E-state index in [9.17, 15) is 24.2 Å². The maximum absolute atomic E-state index is 13.1. The van der Waals surface area contributed by atoms with Crippen molar-refractivity contribution in [3.05, 3.63) is 35.6 Å². The van der Waals surface area contributed by atoms with E-state index in [1.54, 1.807) is 4.90 Å². The van der Waals surface area contributed by atoms with Crippen LogP contribution in [0, 0.1) is 17.2 Å². The Labute approximate surface area is 151 Å². The molecule has 0 bridgehead atoms. The molecule has 2 fully saturated rings. The number of nitrogens with zero attached hydrogens (tertiary/aromatic N) is 1. The predicted molar refractivity (Wildman–Crippen MR) is 90.9 cm³/mol. The number of carboxylic acid groups (broad SMARTS) is 1. The van der Waals surface area contributed by atoms with Crippen LogP contribution in [0.4, 0.5) is 4.39 Å². The number of hydrogen-bond acceptors (Lipinski definition) is 4. The number of carbonyl (C=O) groups excluding carboxylic acids is 1. The van der Waals surface area contributed by atoms with Gasteiger partial charge in [0.1, 0.15) is 11.2 Å². The third kappa shape index (κ3) is 3.73. The van der Waals surface area contributed by atoms with Crippen molar-refractivity contribution >= 4 is 11.9 Å². The molecule has 2 N–H and O–H groups in total. The van der Waals surface area contributed by atoms with E-state index in [0.717, 1.165) is 0 Å². The van der Waals surface area contributed by atoms with Crippen LogP contribution in [0.15, 0.2) is 24.3 Å². The first kappa shape index (κ1) is 18.8. The molecule has 3 rings (SSSR count). The highest BCUT2D eigenvalue weighted by Crippen LogP contribution is 2.36. The van der Waals surface area contributed by atoms with Gasteiger partial charge in [-0.05, 0) is 43.4 Å². The molecule has 0 spiro atoms. The monoisotopic (exact) mass is 365 g/mol. The summed E-state index contributed by atoms with van der Waals surface area (Å²) in [5, 5.41) is 20.4. The van der Waals surface area contributed by atoms with Crippen molar-refractivity contribution in [1.29, 1.82) is 0 Å². The van der Waals surface area contributed by atoms with Crippen molar-refractivity contribution in [1.82, 2.24) is 4.90 Å². The molecule has 2 aliphatic rings. The molecular weight excluding hydrogens is 341 g/mol. The summed E-state index contributed by atoms with van der Waals surface area (Å²) in [6, 6.07) is 5.58. The average Bonchev–Trinajstić information content (AvgIpc) is 2.65. The number of benzene rings is 1. The fraction of sp³-hybridized carbons (Fsp3) is 0.579. The zero-order valence-corrected chi connectivity index (χ0v) is 14.6. The summed E-state index contributed by atoms with van der Waals surface area (Å²) in [5.41, 5.74) is -0.870. The minimum absolute atomic E-state index is 0.0430. The number of carboxylic acids is 1. The summed E-state index contributed by atoms with van der Waals surface area (Å²) >= 11 is 0. The lowest BCUT2D eigenvalue weighted by Crippen LogP contribution is -2.59. The minimum Gasteiger partial charge on any atom is -0.481 e. The van der Waals surface area contributed by atoms with Gasteiger partial charge in [-0.25, -0.2) is 4.39 Å². The Balaban J connectivity index is 1.81. The Morgan fingerprint density at radius 2 is 1.85 bits per heavy atom. The van der Waals surface area contributed by atoms with Crippen LogP contribution >= 0.6 is 0 Å². The Bertz CT molecular complexity index is 658. The number of aliphatic carboxylic acids is 1. The Hall–Kier alpha value is -1.99. The third-order valence-corrected chi connectivity index (χ3v) is 5.52. The number of ether oxygens (including phenoxy) is 1. The highest BCUT2D eigenvalue weighted by molar-refractivity contribution is 5.82. The van der Waals surface area contributed by atoms with Crippen molar-refractivity contribution in [2.45, 2.75) is 31.8 Å². The number of carbonyl (C=O) groups is 2. The van der Waals surface area contributed by atoms with Crippen molar-refractivity contribution < 1.29 is 28.9 Å². The zero-order valence-electron chi connectivity index (χ0n) is 14.6. The first-order valence-corrected chi connectivity index (χ1v) is 8.95. The second-order valence-corrected chi connectivity index (χ2v) is 7.22. The number of aliphatic hydroxyl groups excluding tert-OH is 1. The molecule has 0 radical (unpaired) electrons. The lowest BCUT2D eigenvalue weighted by molar-refractivity contribution is -0.167. The van der Waals surface area contributed by atoms with Crippen LogP contribution in [0.25, 0.3) is 0 Å². The van der Waals surface area contributed by atoms with E-state index in [-0.39, 0.29) is 31.2 Å². The lowest BCUT2D eigenvalue weighted by atomic mass is 9.72. The van der Waals surface area contributed by atoms with Crippen molar-refractivity contribution in [2.24, 2.45) is 11.3 Å². The van der Waals surface area contributed by atoms with Crippen LogP contribution in [-0.4, -0.2) is 59.4 Å². The largest absolute Gasteiger partial charge is 0.481 e. The second-order valence-electron chi connectivity index (χ2n) is 7.22. The van der Waals surface area contributed by atoms with Gasteiger partial charge in [-0.2, -0.15) is 0 Å². The minimum atomic E-state index is -1.49. The number of aliphatic hydroxyl groups is 1. The van der Waals surface area contributed by atoms with E-state index in [1.165, 1.54) is 24.3 Å². The van der Waals surface area contributed by atoms with Crippen molar-refractivity contribution in [3.8, 4) is 0 Å². The molecule has 1 aromatic rings. The normalized spacial score (nSPS) is 27.3. The Kier molecular flexibility index (Phi) is 5.58. The van der Waals surface area contributed by atoms with Gasteiger partial charge >= 0.3 is 5.97 Å². The maximum atomic E-state index is 13.1. The lowest BCUT2D eigenvalue weighted by Gasteiger charge is -2.44. The SMILES string of the molecule is O=C(C1CCOCC1)N1CC[C@H](O)[C@](Cc2ccc(F)cc2)(C(=O)O)C1. The van der Waals surface area contributed by atoms with Gasteiger partial charge in [-0.15, -0.1) is 0 Å². The summed E-state index contributed by atoms with van der Waals surface area (Å²) in [5.74, 6) is -1.77. The quantitative estimate of drug-likeness (QED) is 0.844. The number of amides is 1. The van der Waals surface area contributed by atoms with E-state index in [1.807, 2.05) is 0 Å². The molecule has 0 unspecified atom stereocenters. The second kappa shape index (κ2) is 7.72. The zero-order chi connectivity index (χ0) is 18.7. The predicted octanol–water partition coefficient (Wildman–Crippen LogP) is 1.46. The van der Waals surface area contributed by atoms with Gasteiger partial charge in [-0.3, -0.25) is 9.59 Å². The van der Waals surface area contributed by atoms with Crippen LogP contribution in [0.5, 0.6) is 0 Å². The van der Waals surface area contributed by atoms with Crippen LogP contribution < -0.4 is 0 Å². The van der Waals surface area contributed by atoms with Gasteiger partial charge in [0, 0.05) is 32.2 Å². The molecule has 0 aliphatic carbocycles. The highest BCUT2D eigenvalue weighted by atomic mass is 19.1. The van der Waals surface area contributed by atoms with Gasteiger partial charge in [0.25, 0.3) is 0 Å². The molecule has 7 heteroatoms. The fourth-order valence-corrected chi connectivity index (χ4v) is 3.90. The first-order valence-electron chi connectivity index (χ1n) is 8.95. The number of rotatable bonds is 4. The van der Waals surface area contributed by atoms with E-state index < -0.39 is 23.3 Å². The third-order valence-electron chi connectivity index (χ3n) is 5.52. The van der Waals surface area contributed by atoms with E-state index in [0.29, 0.717) is 38.2 Å². The topological polar surface area (TPSA) is 87.1 Å². The van der Waals surface area contributed by atoms with Crippen molar-refractivity contribution in [3.63, 3.8) is 0 Å². The molecule has 26 heavy (non-hydrogen) atoms. The number of piperidine rings is 1. The summed E-state index contributed by atoms with van der Waals surface area (Å²) < 4.78 is 18.4. The molecule has 2 atom stereocenters. The highest BCUT2D eigenvalue weighted by Gasteiger charge is 2.50. The molecule has 2 heterocycles. The van der Waals surface area contributed by atoms with Crippen molar-refractivity contribution in [2.75, 3.05) is 26.3 Å². The molecule has 6 nitrogen and oxygen atoms in total. The summed E-state index contributed by atoms with van der Waals surface area (Å²) in [4.78, 5) is 26.5. The van der Waals surface area contributed by atoms with Gasteiger partial charge in [-0.1, -0.05) is 12.1 Å². The molecule has 0 saturated carbocycles. The van der Waals surface area contributed by atoms with Crippen LogP contribution in [-0.2, 0) is 20.7 Å². The molecule has 2 saturated heterocycles. The summed E-state index contributed by atoms with van der Waals surface area (Å²) in [6.45, 7) is 1.37. The molecule has 2 aliphatic heterocycles. The molecule has 142 valence electrons. The summed E-state index contributed by atoms with van der Waals surface area (Å²) in [6.07, 6.45) is 0.458. The van der Waals surface area contributed by atoms with Gasteiger partial charge in [0.05, 0.1) is 6.10 Å². The van der Waals surface area contributed by atoms with E-state index in [4.69, 9.17) is 4.74 Å². The smallest absolute Gasteiger partial charge is 0.314 e. The number of hydrogen-bond donors (Lipinski definition) is 2. The van der Waals surface area contributed by atoms with Crippen LogP contribution in [0.1, 0.15) is 24.8 Å². The van der Waals surface area contributed by atoms with Gasteiger partial charge in [0.15, 0.2) is 0 Å². The number of likely N-dealkylation sites (tertiary alicyclic amines) is 1. The first-order chi connectivity index (χ1) is 12.4. The van der Waals surface area contributed by atoms with E-state index >= 15 is 0 Å². The molecule has 1 amide bonds. The summed E-state index contributed by atoms with van der Waals surface area (Å²) in [7, 11) is 0. The molecule has 1 aromatic carbocycles. The van der Waals surface area contributed by atoms with Crippen LogP contribution in [0.3, 0.4) is 0 Å².